The molecule has 2 N–H and O–H groups in total. The lowest BCUT2D eigenvalue weighted by molar-refractivity contribution is 0.0705. The van der Waals surface area contributed by atoms with Crippen LogP contribution in [-0.4, -0.2) is 34.1 Å². The van der Waals surface area contributed by atoms with Crippen molar-refractivity contribution in [1.82, 2.24) is 15.4 Å². The van der Waals surface area contributed by atoms with Crippen LogP contribution < -0.4 is 5.48 Å². The second-order valence-corrected chi connectivity index (χ2v) is 7.42. The van der Waals surface area contributed by atoms with Crippen LogP contribution in [0, 0.1) is 5.41 Å². The van der Waals surface area contributed by atoms with Crippen molar-refractivity contribution in [3.05, 3.63) is 29.1 Å². The summed E-state index contributed by atoms with van der Waals surface area (Å²) < 4.78 is 0. The van der Waals surface area contributed by atoms with Gasteiger partial charge in [0.05, 0.1) is 11.3 Å². The summed E-state index contributed by atoms with van der Waals surface area (Å²) in [5.41, 5.74) is 4.87. The molecule has 1 aliphatic carbocycles. The number of hydroxylamine groups is 1. The number of rotatable bonds is 5. The zero-order valence-electron chi connectivity index (χ0n) is 14.0. The van der Waals surface area contributed by atoms with Crippen LogP contribution >= 0.6 is 0 Å². The fraction of sp³-hybridized carbons (Fsp3) is 0.667. The van der Waals surface area contributed by atoms with Gasteiger partial charge < -0.3 is 0 Å². The number of aromatic nitrogens is 1. The minimum absolute atomic E-state index is 0.425. The van der Waals surface area contributed by atoms with Crippen LogP contribution in [0.3, 0.4) is 0 Å². The van der Waals surface area contributed by atoms with Crippen molar-refractivity contribution < 1.29 is 10.0 Å². The van der Waals surface area contributed by atoms with Crippen LogP contribution in [0.1, 0.15) is 67.1 Å². The molecule has 0 atom stereocenters. The highest BCUT2D eigenvalue weighted by atomic mass is 16.5. The van der Waals surface area contributed by atoms with Crippen molar-refractivity contribution in [1.29, 1.82) is 0 Å². The largest absolute Gasteiger partial charge is 0.297 e. The fourth-order valence-electron chi connectivity index (χ4n) is 4.05. The Balaban J connectivity index is 1.53. The average Bonchev–Trinajstić information content (AvgIpc) is 3.00. The minimum Gasteiger partial charge on any atom is -0.297 e. The van der Waals surface area contributed by atoms with E-state index in [-0.39, 0.29) is 0 Å². The Morgan fingerprint density at radius 1 is 1.43 bits per heavy atom. The highest BCUT2D eigenvalue weighted by Gasteiger charge is 2.28. The van der Waals surface area contributed by atoms with Crippen LogP contribution in [-0.2, 0) is 13.0 Å². The molecule has 1 aromatic rings. The summed E-state index contributed by atoms with van der Waals surface area (Å²) in [6.07, 6.45) is 10.7. The Morgan fingerprint density at radius 2 is 2.22 bits per heavy atom. The lowest BCUT2D eigenvalue weighted by Gasteiger charge is -2.30. The number of nitrogens with one attached hydrogen (secondary N) is 1. The van der Waals surface area contributed by atoms with Crippen LogP contribution in [0.2, 0.25) is 0 Å². The van der Waals surface area contributed by atoms with Crippen molar-refractivity contribution in [3.8, 4) is 0 Å². The summed E-state index contributed by atoms with van der Waals surface area (Å²) in [5.74, 6) is -0.493. The Morgan fingerprint density at radius 3 is 2.96 bits per heavy atom. The van der Waals surface area contributed by atoms with E-state index in [0.29, 0.717) is 11.0 Å². The highest BCUT2D eigenvalue weighted by molar-refractivity contribution is 5.93. The summed E-state index contributed by atoms with van der Waals surface area (Å²) in [4.78, 5) is 18.3. The second kappa shape index (κ2) is 6.97. The normalized spacial score (nSPS) is 20.3. The summed E-state index contributed by atoms with van der Waals surface area (Å²) in [6, 6.07) is 1.85. The lowest BCUT2D eigenvalue weighted by Crippen LogP contribution is -2.33. The van der Waals surface area contributed by atoms with Crippen molar-refractivity contribution in [3.63, 3.8) is 0 Å². The zero-order chi connectivity index (χ0) is 16.3. The first kappa shape index (κ1) is 16.4. The summed E-state index contributed by atoms with van der Waals surface area (Å²) >= 11 is 0. The van der Waals surface area contributed by atoms with Crippen LogP contribution in [0.15, 0.2) is 12.3 Å². The van der Waals surface area contributed by atoms with Gasteiger partial charge in [0.25, 0.3) is 5.91 Å². The molecule has 2 heterocycles. The smallest absolute Gasteiger partial charge is 0.276 e. The van der Waals surface area contributed by atoms with E-state index in [4.69, 9.17) is 5.21 Å². The molecule has 0 radical (unpaired) electrons. The molecule has 0 saturated heterocycles. The van der Waals surface area contributed by atoms with Gasteiger partial charge in [0.1, 0.15) is 0 Å². The molecule has 2 aliphatic rings. The first-order valence-electron chi connectivity index (χ1n) is 8.74. The van der Waals surface area contributed by atoms with Gasteiger partial charge >= 0.3 is 0 Å². The third-order valence-corrected chi connectivity index (χ3v) is 5.56. The first-order chi connectivity index (χ1) is 11.1. The van der Waals surface area contributed by atoms with Crippen molar-refractivity contribution in [2.75, 3.05) is 13.1 Å². The molecule has 126 valence electrons. The van der Waals surface area contributed by atoms with Gasteiger partial charge in [0.15, 0.2) is 0 Å². The molecule has 1 saturated carbocycles. The van der Waals surface area contributed by atoms with E-state index in [2.05, 4.69) is 16.8 Å². The monoisotopic (exact) mass is 317 g/mol. The lowest BCUT2D eigenvalue weighted by atomic mass is 9.84. The van der Waals surface area contributed by atoms with E-state index in [1.807, 2.05) is 6.07 Å². The number of hydrogen-bond acceptors (Lipinski definition) is 4. The van der Waals surface area contributed by atoms with Gasteiger partial charge in [-0.25, -0.2) is 5.48 Å². The molecule has 5 nitrogen and oxygen atoms in total. The maximum Gasteiger partial charge on any atom is 0.276 e. The van der Waals surface area contributed by atoms with Gasteiger partial charge in [-0.1, -0.05) is 19.8 Å². The van der Waals surface area contributed by atoms with Gasteiger partial charge in [-0.3, -0.25) is 19.9 Å². The molecule has 0 bridgehead atoms. The first-order valence-corrected chi connectivity index (χ1v) is 8.74. The number of pyridine rings is 1. The third kappa shape index (κ3) is 3.90. The predicted octanol–water partition coefficient (Wildman–Crippen LogP) is 2.92. The number of carbonyl (C=O) groups excluding carboxylic acids is 1. The Kier molecular flexibility index (Phi) is 4.97. The number of fused-ring (bicyclic) bond motifs is 1. The van der Waals surface area contributed by atoms with Crippen molar-refractivity contribution in [2.24, 2.45) is 5.41 Å². The van der Waals surface area contributed by atoms with E-state index < -0.39 is 5.91 Å². The molecule has 1 aliphatic heterocycles. The number of carbonyl (C=O) groups is 1. The Labute approximate surface area is 138 Å². The SMILES string of the molecule is CC1(CCCN2CCc3cc(C(=O)NO)cnc3C2)CCCC1. The molecular formula is C18H27N3O2. The van der Waals surface area contributed by atoms with Crippen LogP contribution in [0.25, 0.3) is 0 Å². The van der Waals surface area contributed by atoms with E-state index in [1.165, 1.54) is 38.5 Å². The third-order valence-electron chi connectivity index (χ3n) is 5.56. The van der Waals surface area contributed by atoms with E-state index >= 15 is 0 Å². The molecule has 23 heavy (non-hydrogen) atoms. The minimum atomic E-state index is -0.493. The quantitative estimate of drug-likeness (QED) is 0.647. The summed E-state index contributed by atoms with van der Waals surface area (Å²) in [5, 5.41) is 8.71. The summed E-state index contributed by atoms with van der Waals surface area (Å²) in [6.45, 7) is 5.47. The standard InChI is InChI=1S/C18H27N3O2/c1-18(6-2-3-7-18)8-4-9-21-10-5-14-11-15(17(22)20-23)12-19-16(14)13-21/h11-12,23H,2-10,13H2,1H3,(H,20,22). The molecule has 1 aromatic heterocycles. The maximum absolute atomic E-state index is 11.4. The van der Waals surface area contributed by atoms with Crippen molar-refractivity contribution >= 4 is 5.91 Å². The molecule has 0 spiro atoms. The van der Waals surface area contributed by atoms with Gasteiger partial charge in [-0.2, -0.15) is 0 Å². The molecule has 0 unspecified atom stereocenters. The molecular weight excluding hydrogens is 290 g/mol. The van der Waals surface area contributed by atoms with Gasteiger partial charge in [-0.05, 0) is 55.7 Å². The van der Waals surface area contributed by atoms with E-state index in [9.17, 15) is 4.79 Å². The number of amides is 1. The molecule has 3 rings (SSSR count). The van der Waals surface area contributed by atoms with Gasteiger partial charge in [-0.15, -0.1) is 0 Å². The van der Waals surface area contributed by atoms with Gasteiger partial charge in [0, 0.05) is 19.3 Å². The van der Waals surface area contributed by atoms with E-state index in [1.54, 1.807) is 11.7 Å². The average molecular weight is 317 g/mol. The molecule has 1 amide bonds. The maximum atomic E-state index is 11.4. The number of hydrogen-bond donors (Lipinski definition) is 2. The van der Waals surface area contributed by atoms with Crippen LogP contribution in [0.5, 0.6) is 0 Å². The second-order valence-electron chi connectivity index (χ2n) is 7.42. The fourth-order valence-corrected chi connectivity index (χ4v) is 4.05. The summed E-state index contributed by atoms with van der Waals surface area (Å²) in [7, 11) is 0. The highest BCUT2D eigenvalue weighted by Crippen LogP contribution is 2.41. The Hall–Kier alpha value is -1.46. The number of nitrogens with zero attached hydrogens (tertiary/aromatic N) is 2. The topological polar surface area (TPSA) is 65.5 Å². The van der Waals surface area contributed by atoms with E-state index in [0.717, 1.165) is 37.3 Å². The molecule has 1 fully saturated rings. The van der Waals surface area contributed by atoms with Crippen molar-refractivity contribution in [2.45, 2.75) is 58.4 Å². The predicted molar refractivity (Wildman–Crippen MR) is 88.3 cm³/mol. The molecule has 5 heteroatoms. The molecule has 0 aromatic carbocycles. The van der Waals surface area contributed by atoms with Gasteiger partial charge in [0.2, 0.25) is 0 Å². The Bertz CT molecular complexity index is 567. The van der Waals surface area contributed by atoms with Crippen LogP contribution in [0.4, 0.5) is 0 Å². The zero-order valence-corrected chi connectivity index (χ0v) is 14.0.